The number of hydrogen-bond donors (Lipinski definition) is 1. The van der Waals surface area contributed by atoms with E-state index in [0.29, 0.717) is 17.5 Å². The van der Waals surface area contributed by atoms with Crippen molar-refractivity contribution in [2.75, 3.05) is 11.5 Å². The number of carbonyl (C=O) groups excluding carboxylic acids is 1. The van der Waals surface area contributed by atoms with Crippen LogP contribution in [0.3, 0.4) is 0 Å². The van der Waals surface area contributed by atoms with Crippen LogP contribution in [0.2, 0.25) is 15.1 Å². The molecular weight excluding hydrogens is 587 g/mol. The molecule has 0 bridgehead atoms. The molecule has 0 spiro atoms. The summed E-state index contributed by atoms with van der Waals surface area (Å²) in [6.07, 6.45) is -6.71. The molecule has 204 valence electrons. The number of aryl methyl sites for hydroxylation is 1. The Balaban J connectivity index is 2.23. The largest absolute Gasteiger partial charge is 0.616 e. The van der Waals surface area contributed by atoms with Crippen LogP contribution >= 0.6 is 34.8 Å². The van der Waals surface area contributed by atoms with Gasteiger partial charge in [-0.15, -0.1) is 0 Å². The average Bonchev–Trinajstić information content (AvgIpc) is 2.74. The Morgan fingerprint density at radius 2 is 1.68 bits per heavy atom. The molecule has 1 N–H and O–H groups in total. The van der Waals surface area contributed by atoms with Crippen LogP contribution in [0.5, 0.6) is 0 Å². The van der Waals surface area contributed by atoms with Crippen molar-refractivity contribution in [2.45, 2.75) is 44.6 Å². The predicted molar refractivity (Wildman–Crippen MR) is 136 cm³/mol. The van der Waals surface area contributed by atoms with Gasteiger partial charge in [0.1, 0.15) is 5.75 Å². The van der Waals surface area contributed by atoms with Gasteiger partial charge in [0.15, 0.2) is 0 Å². The SMILES string of the molecule is CCc1cc(/C=C/C(c2cc(Cl)c(Cl)c(Cl)c2)C(F)(F)F)ccc1C(=O)N[C@H](C)C[S+]([O-])CC(F)(F)F. The predicted octanol–water partition coefficient (Wildman–Crippen LogP) is 8.00. The summed E-state index contributed by atoms with van der Waals surface area (Å²) in [6, 6.07) is 5.76. The first-order valence-electron chi connectivity index (χ1n) is 10.8. The van der Waals surface area contributed by atoms with Crippen molar-refractivity contribution < 1.29 is 35.7 Å². The number of amides is 1. The number of rotatable bonds is 9. The van der Waals surface area contributed by atoms with Gasteiger partial charge in [0.05, 0.1) is 27.0 Å². The van der Waals surface area contributed by atoms with Crippen molar-refractivity contribution in [3.05, 3.63) is 73.7 Å². The number of hydrogen-bond acceptors (Lipinski definition) is 2. The summed E-state index contributed by atoms with van der Waals surface area (Å²) in [5.74, 6) is -4.49. The van der Waals surface area contributed by atoms with Crippen LogP contribution in [0, 0.1) is 0 Å². The molecule has 0 aliphatic heterocycles. The van der Waals surface area contributed by atoms with Crippen molar-refractivity contribution in [2.24, 2.45) is 0 Å². The van der Waals surface area contributed by atoms with E-state index in [0.717, 1.165) is 18.2 Å². The molecule has 1 amide bonds. The third-order valence-electron chi connectivity index (χ3n) is 5.09. The van der Waals surface area contributed by atoms with E-state index in [1.54, 1.807) is 6.92 Å². The van der Waals surface area contributed by atoms with E-state index in [2.05, 4.69) is 5.32 Å². The van der Waals surface area contributed by atoms with Gasteiger partial charge in [-0.05, 0) is 59.4 Å². The molecule has 0 saturated carbocycles. The number of benzene rings is 2. The number of alkyl halides is 6. The minimum Gasteiger partial charge on any atom is -0.616 e. The lowest BCUT2D eigenvalue weighted by atomic mass is 9.95. The van der Waals surface area contributed by atoms with E-state index in [-0.39, 0.29) is 31.9 Å². The lowest BCUT2D eigenvalue weighted by Crippen LogP contribution is -2.40. The van der Waals surface area contributed by atoms with Crippen molar-refractivity contribution in [3.8, 4) is 0 Å². The van der Waals surface area contributed by atoms with Crippen molar-refractivity contribution >= 4 is 58.0 Å². The first-order chi connectivity index (χ1) is 17.0. The van der Waals surface area contributed by atoms with Crippen LogP contribution < -0.4 is 5.32 Å². The van der Waals surface area contributed by atoms with Crippen LogP contribution in [0.15, 0.2) is 36.4 Å². The van der Waals surface area contributed by atoms with Gasteiger partial charge in [-0.1, -0.05) is 66.0 Å². The zero-order chi connectivity index (χ0) is 28.1. The second-order valence-electron chi connectivity index (χ2n) is 8.19. The molecule has 0 saturated heterocycles. The van der Waals surface area contributed by atoms with Gasteiger partial charge in [0, 0.05) is 5.56 Å². The van der Waals surface area contributed by atoms with Gasteiger partial charge in [-0.3, -0.25) is 4.79 Å². The highest BCUT2D eigenvalue weighted by atomic mass is 35.5. The van der Waals surface area contributed by atoms with Crippen molar-refractivity contribution in [3.63, 3.8) is 0 Å². The zero-order valence-electron chi connectivity index (χ0n) is 19.4. The van der Waals surface area contributed by atoms with E-state index in [1.165, 1.54) is 31.2 Å². The molecule has 3 atom stereocenters. The minimum absolute atomic E-state index is 0.0562. The van der Waals surface area contributed by atoms with Gasteiger partial charge >= 0.3 is 12.4 Å². The number of carbonyl (C=O) groups is 1. The molecule has 0 fully saturated rings. The molecule has 13 heteroatoms. The Morgan fingerprint density at radius 3 is 2.19 bits per heavy atom. The van der Waals surface area contributed by atoms with Gasteiger partial charge in [0.25, 0.3) is 5.91 Å². The molecule has 0 radical (unpaired) electrons. The lowest BCUT2D eigenvalue weighted by Gasteiger charge is -2.19. The Morgan fingerprint density at radius 1 is 1.08 bits per heavy atom. The summed E-state index contributed by atoms with van der Waals surface area (Å²) in [5, 5.41) is 2.22. The highest BCUT2D eigenvalue weighted by molar-refractivity contribution is 7.91. The van der Waals surface area contributed by atoms with E-state index in [9.17, 15) is 35.7 Å². The molecule has 0 aliphatic rings. The lowest BCUT2D eigenvalue weighted by molar-refractivity contribution is -0.139. The van der Waals surface area contributed by atoms with E-state index < -0.39 is 47.1 Å². The molecular formula is C24H22Cl3F6NO2S. The number of halogens is 9. The highest BCUT2D eigenvalue weighted by Gasteiger charge is 2.39. The molecule has 0 aliphatic carbocycles. The topological polar surface area (TPSA) is 52.2 Å². The monoisotopic (exact) mass is 607 g/mol. The summed E-state index contributed by atoms with van der Waals surface area (Å²) in [6.45, 7) is 3.17. The smallest absolute Gasteiger partial charge is 0.433 e. The average molecular weight is 609 g/mol. The molecule has 2 aromatic carbocycles. The van der Waals surface area contributed by atoms with Crippen LogP contribution in [-0.4, -0.2) is 40.4 Å². The molecule has 2 rings (SSSR count). The second-order valence-corrected chi connectivity index (χ2v) is 10.9. The van der Waals surface area contributed by atoms with Crippen LogP contribution in [-0.2, 0) is 17.6 Å². The first-order valence-corrected chi connectivity index (χ1v) is 13.4. The summed E-state index contributed by atoms with van der Waals surface area (Å²) >= 11 is 15.4. The quantitative estimate of drug-likeness (QED) is 0.178. The van der Waals surface area contributed by atoms with Crippen LogP contribution in [0.4, 0.5) is 26.3 Å². The maximum Gasteiger partial charge on any atom is 0.433 e. The summed E-state index contributed by atoms with van der Waals surface area (Å²) < 4.78 is 90.1. The first kappa shape index (κ1) is 31.6. The van der Waals surface area contributed by atoms with E-state index in [1.807, 2.05) is 0 Å². The fourth-order valence-corrected chi connectivity index (χ4v) is 5.20. The Hall–Kier alpha value is -1.59. The van der Waals surface area contributed by atoms with Gasteiger partial charge in [-0.2, -0.15) is 26.3 Å². The minimum atomic E-state index is -4.66. The van der Waals surface area contributed by atoms with Crippen LogP contribution in [0.1, 0.15) is 46.8 Å². The number of allylic oxidation sites excluding steroid dienone is 1. The summed E-state index contributed by atoms with van der Waals surface area (Å²) in [4.78, 5) is 12.7. The molecule has 0 heterocycles. The Bertz CT molecular complexity index is 1120. The third kappa shape index (κ3) is 9.58. The summed E-state index contributed by atoms with van der Waals surface area (Å²) in [7, 11) is 0. The zero-order valence-corrected chi connectivity index (χ0v) is 22.5. The van der Waals surface area contributed by atoms with E-state index in [4.69, 9.17) is 34.8 Å². The highest BCUT2D eigenvalue weighted by Crippen LogP contribution is 2.41. The standard InChI is InChI=1S/C24H22Cl3F6NO2S/c1-3-15-8-14(4-6-17(15)22(35)34-13(2)11-37(36)12-23(28,29)30)5-7-18(24(31,32)33)16-9-19(25)21(27)20(26)10-16/h4-10,13,18H,3,11-12H2,1-2H3,(H,34,35)/b7-5+/t13-,18?,37?/m1/s1. The fourth-order valence-electron chi connectivity index (χ4n) is 3.47. The van der Waals surface area contributed by atoms with Crippen LogP contribution in [0.25, 0.3) is 6.08 Å². The normalized spacial score (nSPS) is 15.0. The maximum atomic E-state index is 13.8. The van der Waals surface area contributed by atoms with Gasteiger partial charge in [-0.25, -0.2) is 0 Å². The second kappa shape index (κ2) is 13.0. The van der Waals surface area contributed by atoms with Gasteiger partial charge in [0.2, 0.25) is 5.75 Å². The van der Waals surface area contributed by atoms with Crippen molar-refractivity contribution in [1.29, 1.82) is 0 Å². The molecule has 3 nitrogen and oxygen atoms in total. The van der Waals surface area contributed by atoms with Gasteiger partial charge < -0.3 is 9.87 Å². The third-order valence-corrected chi connectivity index (χ3v) is 7.81. The molecule has 0 aromatic heterocycles. The Labute approximate surface area is 228 Å². The van der Waals surface area contributed by atoms with Crippen molar-refractivity contribution in [1.82, 2.24) is 5.32 Å². The molecule has 2 aromatic rings. The molecule has 37 heavy (non-hydrogen) atoms. The number of nitrogens with one attached hydrogen (secondary N) is 1. The maximum absolute atomic E-state index is 13.8. The Kier molecular flexibility index (Phi) is 11.1. The fraction of sp³-hybridized carbons (Fsp3) is 0.375. The molecule has 2 unspecified atom stereocenters. The summed E-state index contributed by atoms with van der Waals surface area (Å²) in [5.41, 5.74) is 0.890. The van der Waals surface area contributed by atoms with E-state index >= 15 is 0 Å².